The Bertz CT molecular complexity index is 677. The van der Waals surface area contributed by atoms with Gasteiger partial charge in [-0.1, -0.05) is 48.5 Å². The van der Waals surface area contributed by atoms with Gasteiger partial charge >= 0.3 is 0 Å². The minimum absolute atomic E-state index is 0.708. The Kier molecular flexibility index (Phi) is 5.84. The van der Waals surface area contributed by atoms with E-state index >= 15 is 0 Å². The lowest BCUT2D eigenvalue weighted by molar-refractivity contribution is 0.322. The Morgan fingerprint density at radius 2 is 1.61 bits per heavy atom. The zero-order valence-corrected chi connectivity index (χ0v) is 13.9. The van der Waals surface area contributed by atoms with E-state index < -0.39 is 0 Å². The second-order valence-electron chi connectivity index (χ2n) is 5.41. The fraction of sp³-hybridized carbons (Fsp3) is 0.200. The molecule has 2 nitrogen and oxygen atoms in total. The largest absolute Gasteiger partial charge is 0.493 e. The van der Waals surface area contributed by atoms with Crippen molar-refractivity contribution in [3.63, 3.8) is 0 Å². The van der Waals surface area contributed by atoms with Crippen LogP contribution in [0.3, 0.4) is 0 Å². The summed E-state index contributed by atoms with van der Waals surface area (Å²) in [6.45, 7) is 2.51. The minimum Gasteiger partial charge on any atom is -0.493 e. The van der Waals surface area contributed by atoms with Crippen LogP contribution in [0.5, 0.6) is 5.75 Å². The van der Waals surface area contributed by atoms with Crippen molar-refractivity contribution in [1.29, 1.82) is 0 Å². The van der Waals surface area contributed by atoms with Crippen LogP contribution in [-0.2, 0) is 19.5 Å². The third kappa shape index (κ3) is 5.23. The van der Waals surface area contributed by atoms with Gasteiger partial charge in [-0.3, -0.25) is 0 Å². The zero-order valence-electron chi connectivity index (χ0n) is 13.1. The molecular formula is C20H21NOS. The first-order valence-electron chi connectivity index (χ1n) is 7.89. The number of thiophene rings is 1. The van der Waals surface area contributed by atoms with Gasteiger partial charge in [0.15, 0.2) is 0 Å². The van der Waals surface area contributed by atoms with Gasteiger partial charge in [0.2, 0.25) is 0 Å². The average Bonchev–Trinajstić information content (AvgIpc) is 3.11. The molecule has 0 aliphatic carbocycles. The lowest BCUT2D eigenvalue weighted by Crippen LogP contribution is -2.11. The van der Waals surface area contributed by atoms with E-state index in [2.05, 4.69) is 59.2 Å². The summed E-state index contributed by atoms with van der Waals surface area (Å²) in [4.78, 5) is 1.37. The van der Waals surface area contributed by atoms with E-state index in [-0.39, 0.29) is 0 Å². The van der Waals surface area contributed by atoms with Crippen molar-refractivity contribution >= 4 is 11.3 Å². The number of hydrogen-bond donors (Lipinski definition) is 1. The Morgan fingerprint density at radius 1 is 0.783 bits per heavy atom. The maximum absolute atomic E-state index is 5.81. The SMILES string of the molecule is c1ccc(CCOc2ccc(CNCc3cccs3)cc2)cc1. The van der Waals surface area contributed by atoms with Gasteiger partial charge in [0.05, 0.1) is 6.61 Å². The van der Waals surface area contributed by atoms with E-state index in [1.54, 1.807) is 11.3 Å². The molecule has 3 aromatic rings. The molecule has 2 aromatic carbocycles. The van der Waals surface area contributed by atoms with Gasteiger partial charge in [0.1, 0.15) is 5.75 Å². The van der Waals surface area contributed by atoms with Crippen LogP contribution in [0.25, 0.3) is 0 Å². The van der Waals surface area contributed by atoms with Crippen LogP contribution >= 0.6 is 11.3 Å². The molecule has 1 N–H and O–H groups in total. The molecule has 3 rings (SSSR count). The van der Waals surface area contributed by atoms with Crippen LogP contribution in [0.4, 0.5) is 0 Å². The molecule has 118 valence electrons. The lowest BCUT2D eigenvalue weighted by atomic mass is 10.2. The van der Waals surface area contributed by atoms with Gasteiger partial charge in [-0.25, -0.2) is 0 Å². The molecule has 0 bridgehead atoms. The predicted molar refractivity (Wildman–Crippen MR) is 96.9 cm³/mol. The highest BCUT2D eigenvalue weighted by Gasteiger charge is 1.98. The summed E-state index contributed by atoms with van der Waals surface area (Å²) in [6.07, 6.45) is 0.935. The highest BCUT2D eigenvalue weighted by atomic mass is 32.1. The molecule has 1 aromatic heterocycles. The van der Waals surface area contributed by atoms with Gasteiger partial charge < -0.3 is 10.1 Å². The van der Waals surface area contributed by atoms with Gasteiger partial charge in [0, 0.05) is 24.4 Å². The van der Waals surface area contributed by atoms with E-state index in [1.807, 2.05) is 18.2 Å². The molecule has 23 heavy (non-hydrogen) atoms. The van der Waals surface area contributed by atoms with Gasteiger partial charge in [-0.2, -0.15) is 0 Å². The Hall–Kier alpha value is -2.10. The van der Waals surface area contributed by atoms with Gasteiger partial charge in [-0.05, 0) is 34.7 Å². The summed E-state index contributed by atoms with van der Waals surface area (Å²) in [5.74, 6) is 0.933. The smallest absolute Gasteiger partial charge is 0.119 e. The van der Waals surface area contributed by atoms with Crippen molar-refractivity contribution in [2.24, 2.45) is 0 Å². The summed E-state index contributed by atoms with van der Waals surface area (Å²) in [5.41, 5.74) is 2.58. The third-order valence-electron chi connectivity index (χ3n) is 3.63. The Labute approximate surface area is 141 Å². The average molecular weight is 323 g/mol. The minimum atomic E-state index is 0.708. The second kappa shape index (κ2) is 8.51. The van der Waals surface area contributed by atoms with Crippen molar-refractivity contribution in [1.82, 2.24) is 5.32 Å². The van der Waals surface area contributed by atoms with Crippen LogP contribution < -0.4 is 10.1 Å². The summed E-state index contributed by atoms with van der Waals surface area (Å²) < 4.78 is 5.81. The summed E-state index contributed by atoms with van der Waals surface area (Å²) in [6, 6.07) is 23.0. The molecule has 0 saturated carbocycles. The van der Waals surface area contributed by atoms with Crippen LogP contribution in [0, 0.1) is 0 Å². The van der Waals surface area contributed by atoms with Crippen molar-refractivity contribution in [2.45, 2.75) is 19.5 Å². The number of nitrogens with one attached hydrogen (secondary N) is 1. The number of rotatable bonds is 8. The quantitative estimate of drug-likeness (QED) is 0.651. The molecule has 0 amide bonds. The molecule has 3 heteroatoms. The monoisotopic (exact) mass is 323 g/mol. The zero-order chi connectivity index (χ0) is 15.7. The molecular weight excluding hydrogens is 302 g/mol. The normalized spacial score (nSPS) is 10.6. The molecule has 0 fully saturated rings. The van der Waals surface area contributed by atoms with Crippen LogP contribution in [0.15, 0.2) is 72.1 Å². The van der Waals surface area contributed by atoms with Crippen molar-refractivity contribution in [2.75, 3.05) is 6.61 Å². The predicted octanol–water partition coefficient (Wildman–Crippen LogP) is 4.66. The molecule has 0 saturated heterocycles. The number of hydrogen-bond acceptors (Lipinski definition) is 3. The van der Waals surface area contributed by atoms with E-state index in [0.29, 0.717) is 6.61 Å². The molecule has 0 atom stereocenters. The third-order valence-corrected chi connectivity index (χ3v) is 4.51. The lowest BCUT2D eigenvalue weighted by Gasteiger charge is -2.08. The van der Waals surface area contributed by atoms with Crippen LogP contribution in [0.2, 0.25) is 0 Å². The Morgan fingerprint density at radius 3 is 2.35 bits per heavy atom. The van der Waals surface area contributed by atoms with Crippen molar-refractivity contribution in [3.8, 4) is 5.75 Å². The second-order valence-corrected chi connectivity index (χ2v) is 6.44. The van der Waals surface area contributed by atoms with Gasteiger partial charge in [-0.15, -0.1) is 11.3 Å². The first-order valence-corrected chi connectivity index (χ1v) is 8.77. The van der Waals surface area contributed by atoms with E-state index in [0.717, 1.165) is 25.3 Å². The first-order chi connectivity index (χ1) is 11.4. The maximum atomic E-state index is 5.81. The van der Waals surface area contributed by atoms with Crippen LogP contribution in [0.1, 0.15) is 16.0 Å². The molecule has 1 heterocycles. The highest BCUT2D eigenvalue weighted by molar-refractivity contribution is 7.09. The first kappa shape index (κ1) is 15.8. The summed E-state index contributed by atoms with van der Waals surface area (Å²) >= 11 is 1.79. The summed E-state index contributed by atoms with van der Waals surface area (Å²) in [5, 5.41) is 5.57. The fourth-order valence-electron chi connectivity index (χ4n) is 2.38. The van der Waals surface area contributed by atoms with E-state index in [1.165, 1.54) is 16.0 Å². The fourth-order valence-corrected chi connectivity index (χ4v) is 3.05. The Balaban J connectivity index is 1.40. The topological polar surface area (TPSA) is 21.3 Å². The molecule has 0 radical (unpaired) electrons. The van der Waals surface area contributed by atoms with Crippen LogP contribution in [-0.4, -0.2) is 6.61 Å². The molecule has 0 aliphatic heterocycles. The van der Waals surface area contributed by atoms with E-state index in [4.69, 9.17) is 4.74 Å². The number of benzene rings is 2. The highest BCUT2D eigenvalue weighted by Crippen LogP contribution is 2.13. The van der Waals surface area contributed by atoms with Gasteiger partial charge in [0.25, 0.3) is 0 Å². The standard InChI is InChI=1S/C20H21NOS/c1-2-5-17(6-3-1)12-13-22-19-10-8-18(9-11-19)15-21-16-20-7-4-14-23-20/h1-11,14,21H,12-13,15-16H2. The number of ether oxygens (including phenoxy) is 1. The van der Waals surface area contributed by atoms with Crippen molar-refractivity contribution < 1.29 is 4.74 Å². The van der Waals surface area contributed by atoms with E-state index in [9.17, 15) is 0 Å². The molecule has 0 unspecified atom stereocenters. The van der Waals surface area contributed by atoms with Crippen molar-refractivity contribution in [3.05, 3.63) is 88.1 Å². The maximum Gasteiger partial charge on any atom is 0.119 e. The summed E-state index contributed by atoms with van der Waals surface area (Å²) in [7, 11) is 0. The molecule has 0 aliphatic rings. The molecule has 0 spiro atoms.